The van der Waals surface area contributed by atoms with Crippen LogP contribution in [0, 0.1) is 6.92 Å². The number of nitrogens with zero attached hydrogens (tertiary/aromatic N) is 2. The number of benzene rings is 2. The SMILES string of the molecule is Cc1c(N)cccc1-c1noc(-c2ccc3c(c2)OCO3)n1. The quantitative estimate of drug-likeness (QED) is 0.732. The second-order valence-corrected chi connectivity index (χ2v) is 5.01. The summed E-state index contributed by atoms with van der Waals surface area (Å²) in [5.41, 5.74) is 9.19. The minimum Gasteiger partial charge on any atom is -0.454 e. The molecule has 0 saturated heterocycles. The topological polar surface area (TPSA) is 83.4 Å². The molecule has 1 aromatic heterocycles. The number of rotatable bonds is 2. The molecule has 4 rings (SSSR count). The summed E-state index contributed by atoms with van der Waals surface area (Å²) in [7, 11) is 0. The molecule has 0 atom stereocenters. The molecule has 3 aromatic rings. The monoisotopic (exact) mass is 295 g/mol. The molecule has 2 aromatic carbocycles. The molecule has 110 valence electrons. The molecule has 1 aliphatic heterocycles. The van der Waals surface area contributed by atoms with Crippen LogP contribution in [0.15, 0.2) is 40.9 Å². The van der Waals surface area contributed by atoms with Gasteiger partial charge >= 0.3 is 0 Å². The molecular formula is C16H13N3O3. The average Bonchev–Trinajstić information content (AvgIpc) is 3.17. The van der Waals surface area contributed by atoms with Crippen LogP contribution in [-0.4, -0.2) is 16.9 Å². The summed E-state index contributed by atoms with van der Waals surface area (Å²) in [5.74, 6) is 2.33. The van der Waals surface area contributed by atoms with Crippen LogP contribution in [0.25, 0.3) is 22.8 Å². The fourth-order valence-electron chi connectivity index (χ4n) is 2.38. The summed E-state index contributed by atoms with van der Waals surface area (Å²) >= 11 is 0. The Hall–Kier alpha value is -3.02. The van der Waals surface area contributed by atoms with E-state index in [1.54, 1.807) is 0 Å². The molecule has 22 heavy (non-hydrogen) atoms. The van der Waals surface area contributed by atoms with Gasteiger partial charge in [-0.25, -0.2) is 0 Å². The van der Waals surface area contributed by atoms with E-state index in [2.05, 4.69) is 10.1 Å². The Kier molecular flexibility index (Phi) is 2.75. The molecular weight excluding hydrogens is 282 g/mol. The first kappa shape index (κ1) is 12.7. The molecule has 2 heterocycles. The molecule has 6 nitrogen and oxygen atoms in total. The van der Waals surface area contributed by atoms with Crippen molar-refractivity contribution >= 4 is 5.69 Å². The van der Waals surface area contributed by atoms with Crippen LogP contribution in [0.1, 0.15) is 5.56 Å². The van der Waals surface area contributed by atoms with Crippen molar-refractivity contribution in [2.75, 3.05) is 12.5 Å². The number of hydrogen-bond acceptors (Lipinski definition) is 6. The van der Waals surface area contributed by atoms with E-state index in [1.807, 2.05) is 43.3 Å². The summed E-state index contributed by atoms with van der Waals surface area (Å²) in [6.45, 7) is 2.16. The summed E-state index contributed by atoms with van der Waals surface area (Å²) in [4.78, 5) is 4.45. The molecule has 0 amide bonds. The van der Waals surface area contributed by atoms with Crippen molar-refractivity contribution in [1.29, 1.82) is 0 Å². The molecule has 2 N–H and O–H groups in total. The van der Waals surface area contributed by atoms with Gasteiger partial charge in [-0.3, -0.25) is 0 Å². The summed E-state index contributed by atoms with van der Waals surface area (Å²) in [5, 5.41) is 4.04. The minimum atomic E-state index is 0.232. The zero-order valence-electron chi connectivity index (χ0n) is 11.9. The highest BCUT2D eigenvalue weighted by atomic mass is 16.7. The fourth-order valence-corrected chi connectivity index (χ4v) is 2.38. The Labute approximate surface area is 126 Å². The van der Waals surface area contributed by atoms with E-state index in [0.29, 0.717) is 23.2 Å². The minimum absolute atomic E-state index is 0.232. The van der Waals surface area contributed by atoms with Crippen molar-refractivity contribution in [1.82, 2.24) is 10.1 Å². The van der Waals surface area contributed by atoms with Crippen molar-refractivity contribution in [2.45, 2.75) is 6.92 Å². The zero-order chi connectivity index (χ0) is 15.1. The molecule has 0 spiro atoms. The smallest absolute Gasteiger partial charge is 0.258 e. The summed E-state index contributed by atoms with van der Waals surface area (Å²) < 4.78 is 16.0. The van der Waals surface area contributed by atoms with E-state index in [0.717, 1.165) is 22.4 Å². The molecule has 0 fully saturated rings. The van der Waals surface area contributed by atoms with Gasteiger partial charge < -0.3 is 19.7 Å². The predicted molar refractivity (Wildman–Crippen MR) is 80.4 cm³/mol. The van der Waals surface area contributed by atoms with E-state index in [-0.39, 0.29) is 6.79 Å². The van der Waals surface area contributed by atoms with Crippen LogP contribution in [0.4, 0.5) is 5.69 Å². The maximum Gasteiger partial charge on any atom is 0.258 e. The Balaban J connectivity index is 1.74. The lowest BCUT2D eigenvalue weighted by Crippen LogP contribution is -1.93. The third-order valence-electron chi connectivity index (χ3n) is 3.66. The first-order valence-electron chi connectivity index (χ1n) is 6.81. The fraction of sp³-hybridized carbons (Fsp3) is 0.125. The van der Waals surface area contributed by atoms with Crippen molar-refractivity contribution in [2.24, 2.45) is 0 Å². The number of aromatic nitrogens is 2. The lowest BCUT2D eigenvalue weighted by molar-refractivity contribution is 0.174. The van der Waals surface area contributed by atoms with Crippen molar-refractivity contribution in [3.63, 3.8) is 0 Å². The summed E-state index contributed by atoms with van der Waals surface area (Å²) in [6, 6.07) is 11.1. The van der Waals surface area contributed by atoms with Gasteiger partial charge in [-0.15, -0.1) is 0 Å². The van der Waals surface area contributed by atoms with Crippen LogP contribution in [0.3, 0.4) is 0 Å². The van der Waals surface area contributed by atoms with Gasteiger partial charge in [-0.05, 0) is 36.8 Å². The first-order chi connectivity index (χ1) is 10.7. The lowest BCUT2D eigenvalue weighted by atomic mass is 10.1. The van der Waals surface area contributed by atoms with Crippen LogP contribution < -0.4 is 15.2 Å². The number of nitrogens with two attached hydrogens (primary N) is 1. The van der Waals surface area contributed by atoms with Gasteiger partial charge in [0.2, 0.25) is 12.6 Å². The van der Waals surface area contributed by atoms with Crippen molar-refractivity contribution in [3.8, 4) is 34.3 Å². The van der Waals surface area contributed by atoms with Crippen LogP contribution in [0.2, 0.25) is 0 Å². The Morgan fingerprint density at radius 2 is 1.95 bits per heavy atom. The highest BCUT2D eigenvalue weighted by Crippen LogP contribution is 2.36. The second kappa shape index (κ2) is 4.77. The van der Waals surface area contributed by atoms with Crippen LogP contribution >= 0.6 is 0 Å². The third kappa shape index (κ3) is 1.96. The normalized spacial score (nSPS) is 12.6. The highest BCUT2D eigenvalue weighted by Gasteiger charge is 2.18. The van der Waals surface area contributed by atoms with E-state index >= 15 is 0 Å². The van der Waals surface area contributed by atoms with Gasteiger partial charge in [-0.2, -0.15) is 4.98 Å². The molecule has 0 aliphatic carbocycles. The molecule has 0 radical (unpaired) electrons. The maximum atomic E-state index is 5.92. The Bertz CT molecular complexity index is 858. The number of fused-ring (bicyclic) bond motifs is 1. The number of anilines is 1. The molecule has 0 unspecified atom stereocenters. The summed E-state index contributed by atoms with van der Waals surface area (Å²) in [6.07, 6.45) is 0. The van der Waals surface area contributed by atoms with E-state index in [1.165, 1.54) is 0 Å². The predicted octanol–water partition coefficient (Wildman–Crippen LogP) is 3.02. The van der Waals surface area contributed by atoms with Gasteiger partial charge in [-0.1, -0.05) is 17.3 Å². The van der Waals surface area contributed by atoms with Gasteiger partial charge in [0, 0.05) is 16.8 Å². The first-order valence-corrected chi connectivity index (χ1v) is 6.81. The maximum absolute atomic E-state index is 5.92. The lowest BCUT2D eigenvalue weighted by Gasteiger charge is -2.03. The highest BCUT2D eigenvalue weighted by molar-refractivity contribution is 5.69. The van der Waals surface area contributed by atoms with Gasteiger partial charge in [0.05, 0.1) is 0 Å². The molecule has 0 saturated carbocycles. The largest absolute Gasteiger partial charge is 0.454 e. The van der Waals surface area contributed by atoms with Gasteiger partial charge in [0.15, 0.2) is 11.5 Å². The molecule has 6 heteroatoms. The van der Waals surface area contributed by atoms with E-state index in [4.69, 9.17) is 19.7 Å². The standard InChI is InChI=1S/C16H13N3O3/c1-9-11(3-2-4-12(9)17)15-18-16(22-19-15)10-5-6-13-14(7-10)21-8-20-13/h2-7H,8,17H2,1H3. The van der Waals surface area contributed by atoms with Crippen molar-refractivity contribution in [3.05, 3.63) is 42.0 Å². The molecule has 1 aliphatic rings. The number of nitrogen functional groups attached to an aromatic ring is 1. The number of ether oxygens (including phenoxy) is 2. The third-order valence-corrected chi connectivity index (χ3v) is 3.66. The van der Waals surface area contributed by atoms with E-state index in [9.17, 15) is 0 Å². The van der Waals surface area contributed by atoms with Gasteiger partial charge in [0.1, 0.15) is 0 Å². The van der Waals surface area contributed by atoms with Gasteiger partial charge in [0.25, 0.3) is 5.89 Å². The number of hydrogen-bond donors (Lipinski definition) is 1. The van der Waals surface area contributed by atoms with E-state index < -0.39 is 0 Å². The van der Waals surface area contributed by atoms with Crippen LogP contribution in [0.5, 0.6) is 11.5 Å². The van der Waals surface area contributed by atoms with Crippen LogP contribution in [-0.2, 0) is 0 Å². The zero-order valence-corrected chi connectivity index (χ0v) is 11.9. The molecule has 0 bridgehead atoms. The second-order valence-electron chi connectivity index (χ2n) is 5.01. The van der Waals surface area contributed by atoms with Crippen molar-refractivity contribution < 1.29 is 14.0 Å². The Morgan fingerprint density at radius 1 is 1.09 bits per heavy atom. The Morgan fingerprint density at radius 3 is 2.86 bits per heavy atom. The average molecular weight is 295 g/mol.